The molecule has 2 aromatic heterocycles. The third kappa shape index (κ3) is 3.94. The van der Waals surface area contributed by atoms with Gasteiger partial charge in [0.15, 0.2) is 0 Å². The monoisotopic (exact) mass is 392 g/mol. The van der Waals surface area contributed by atoms with Crippen LogP contribution < -0.4 is 10.6 Å². The molecule has 1 fully saturated rings. The molecule has 2 aromatic rings. The first-order valence-electron chi connectivity index (χ1n) is 8.13. The van der Waals surface area contributed by atoms with Crippen LogP contribution >= 0.6 is 22.7 Å². The summed E-state index contributed by atoms with van der Waals surface area (Å²) in [7, 11) is 0. The Morgan fingerprint density at radius 3 is 2.69 bits per heavy atom. The molecule has 9 heteroatoms. The maximum Gasteiger partial charge on any atom is 0.325 e. The summed E-state index contributed by atoms with van der Waals surface area (Å²) in [5, 5.41) is 12.2. The van der Waals surface area contributed by atoms with Gasteiger partial charge in [-0.1, -0.05) is 0 Å². The fourth-order valence-corrected chi connectivity index (χ4v) is 4.25. The Bertz CT molecular complexity index is 829. The van der Waals surface area contributed by atoms with Crippen molar-refractivity contribution >= 4 is 40.5 Å². The van der Waals surface area contributed by atoms with E-state index in [9.17, 15) is 14.4 Å². The SMILES string of the molecule is Cc1csc(C(Cc2ccsc2)NC(=O)CN2C(=O)NC(C)(C)C2=O)n1. The van der Waals surface area contributed by atoms with Crippen LogP contribution in [0.4, 0.5) is 4.79 Å². The van der Waals surface area contributed by atoms with E-state index in [4.69, 9.17) is 0 Å². The van der Waals surface area contributed by atoms with Gasteiger partial charge in [0.1, 0.15) is 17.1 Å². The molecule has 0 radical (unpaired) electrons. The number of imide groups is 1. The zero-order valence-corrected chi connectivity index (χ0v) is 16.4. The van der Waals surface area contributed by atoms with E-state index >= 15 is 0 Å². The highest BCUT2D eigenvalue weighted by Gasteiger charge is 2.45. The molecule has 3 heterocycles. The summed E-state index contributed by atoms with van der Waals surface area (Å²) >= 11 is 3.07. The van der Waals surface area contributed by atoms with Gasteiger partial charge in [0.05, 0.1) is 6.04 Å². The molecule has 0 aromatic carbocycles. The number of rotatable bonds is 6. The van der Waals surface area contributed by atoms with Crippen molar-refractivity contribution in [2.24, 2.45) is 0 Å². The molecule has 26 heavy (non-hydrogen) atoms. The van der Waals surface area contributed by atoms with Crippen LogP contribution in [0.5, 0.6) is 0 Å². The van der Waals surface area contributed by atoms with Crippen LogP contribution in [-0.2, 0) is 16.0 Å². The van der Waals surface area contributed by atoms with E-state index in [1.54, 1.807) is 25.2 Å². The first-order chi connectivity index (χ1) is 12.3. The summed E-state index contributed by atoms with van der Waals surface area (Å²) in [5.74, 6) is -0.795. The van der Waals surface area contributed by atoms with E-state index in [0.29, 0.717) is 6.42 Å². The minimum atomic E-state index is -0.986. The quantitative estimate of drug-likeness (QED) is 0.738. The van der Waals surface area contributed by atoms with Crippen molar-refractivity contribution in [3.8, 4) is 0 Å². The molecule has 1 aliphatic heterocycles. The largest absolute Gasteiger partial charge is 0.345 e. The number of nitrogens with zero attached hydrogens (tertiary/aromatic N) is 2. The third-order valence-corrected chi connectivity index (χ3v) is 5.84. The van der Waals surface area contributed by atoms with E-state index in [1.807, 2.05) is 29.1 Å². The molecule has 0 spiro atoms. The van der Waals surface area contributed by atoms with Gasteiger partial charge in [-0.25, -0.2) is 9.78 Å². The summed E-state index contributed by atoms with van der Waals surface area (Å²) in [6.07, 6.45) is 0.605. The lowest BCUT2D eigenvalue weighted by atomic mass is 10.1. The Morgan fingerprint density at radius 2 is 2.15 bits per heavy atom. The topological polar surface area (TPSA) is 91.4 Å². The Hall–Kier alpha value is -2.26. The average molecular weight is 393 g/mol. The zero-order valence-electron chi connectivity index (χ0n) is 14.7. The molecule has 138 valence electrons. The zero-order chi connectivity index (χ0) is 18.9. The number of amides is 4. The van der Waals surface area contributed by atoms with Crippen molar-refractivity contribution in [1.82, 2.24) is 20.5 Å². The van der Waals surface area contributed by atoms with Crippen LogP contribution in [0.1, 0.15) is 36.2 Å². The number of thiazole rings is 1. The number of carbonyl (C=O) groups excluding carboxylic acids is 3. The molecular weight excluding hydrogens is 372 g/mol. The first-order valence-corrected chi connectivity index (χ1v) is 9.95. The second-order valence-corrected chi connectivity index (χ2v) is 8.40. The highest BCUT2D eigenvalue weighted by atomic mass is 32.1. The molecule has 7 nitrogen and oxygen atoms in total. The van der Waals surface area contributed by atoms with E-state index in [2.05, 4.69) is 15.6 Å². The minimum Gasteiger partial charge on any atom is -0.345 e. The maximum absolute atomic E-state index is 12.5. The van der Waals surface area contributed by atoms with Gasteiger partial charge in [-0.3, -0.25) is 14.5 Å². The summed E-state index contributed by atoms with van der Waals surface area (Å²) < 4.78 is 0. The lowest BCUT2D eigenvalue weighted by molar-refractivity contribution is -0.134. The molecule has 0 saturated carbocycles. The summed E-state index contributed by atoms with van der Waals surface area (Å²) in [6.45, 7) is 4.82. The second kappa shape index (κ2) is 7.16. The van der Waals surface area contributed by atoms with Crippen molar-refractivity contribution in [3.05, 3.63) is 38.5 Å². The third-order valence-electron chi connectivity index (χ3n) is 4.04. The number of aromatic nitrogens is 1. The normalized spacial score (nSPS) is 17.3. The Balaban J connectivity index is 1.71. The maximum atomic E-state index is 12.5. The highest BCUT2D eigenvalue weighted by Crippen LogP contribution is 2.23. The molecule has 1 atom stereocenters. The van der Waals surface area contributed by atoms with Crippen LogP contribution in [0.3, 0.4) is 0 Å². The lowest BCUT2D eigenvalue weighted by Gasteiger charge is -2.19. The van der Waals surface area contributed by atoms with Crippen LogP contribution in [0, 0.1) is 6.92 Å². The highest BCUT2D eigenvalue weighted by molar-refractivity contribution is 7.09. The Labute approximate surface area is 159 Å². The number of thiophene rings is 1. The standard InChI is InChI=1S/C17H20N4O3S2/c1-10-8-26-14(18-10)12(6-11-4-5-25-9-11)19-13(22)7-21-15(23)17(2,3)20-16(21)24/h4-5,8-9,12H,6-7H2,1-3H3,(H,19,22)(H,20,24). The number of carbonyl (C=O) groups is 3. The Kier molecular flexibility index (Phi) is 5.10. The van der Waals surface area contributed by atoms with Crippen LogP contribution in [-0.4, -0.2) is 39.8 Å². The number of hydrogen-bond acceptors (Lipinski definition) is 6. The average Bonchev–Trinajstić information content (AvgIpc) is 3.25. The van der Waals surface area contributed by atoms with E-state index in [1.165, 1.54) is 11.3 Å². The number of urea groups is 1. The fourth-order valence-electron chi connectivity index (χ4n) is 2.72. The predicted molar refractivity (Wildman–Crippen MR) is 100 cm³/mol. The smallest absolute Gasteiger partial charge is 0.325 e. The van der Waals surface area contributed by atoms with Crippen LogP contribution in [0.15, 0.2) is 22.2 Å². The van der Waals surface area contributed by atoms with Crippen molar-refractivity contribution in [1.29, 1.82) is 0 Å². The second-order valence-electron chi connectivity index (χ2n) is 6.73. The molecule has 1 aliphatic rings. The van der Waals surface area contributed by atoms with Crippen LogP contribution in [0.2, 0.25) is 0 Å². The van der Waals surface area contributed by atoms with Crippen molar-refractivity contribution in [2.75, 3.05) is 6.54 Å². The molecule has 2 N–H and O–H groups in total. The van der Waals surface area contributed by atoms with Gasteiger partial charge >= 0.3 is 6.03 Å². The molecule has 0 aliphatic carbocycles. The number of nitrogens with one attached hydrogen (secondary N) is 2. The van der Waals surface area contributed by atoms with Crippen LogP contribution in [0.25, 0.3) is 0 Å². The molecule has 1 unspecified atom stereocenters. The van der Waals surface area contributed by atoms with Crippen molar-refractivity contribution < 1.29 is 14.4 Å². The van der Waals surface area contributed by atoms with Crippen molar-refractivity contribution in [3.63, 3.8) is 0 Å². The summed E-state index contributed by atoms with van der Waals surface area (Å²) in [4.78, 5) is 42.1. The molecule has 0 bridgehead atoms. The fraction of sp³-hybridized carbons (Fsp3) is 0.412. The van der Waals surface area contributed by atoms with Gasteiger partial charge in [-0.2, -0.15) is 11.3 Å². The first kappa shape index (κ1) is 18.5. The van der Waals surface area contributed by atoms with Gasteiger partial charge in [-0.15, -0.1) is 11.3 Å². The van der Waals surface area contributed by atoms with Gasteiger partial charge in [0.25, 0.3) is 5.91 Å². The van der Waals surface area contributed by atoms with Gasteiger partial charge in [-0.05, 0) is 43.2 Å². The van der Waals surface area contributed by atoms with E-state index in [0.717, 1.165) is 21.2 Å². The molecule has 1 saturated heterocycles. The van der Waals surface area contributed by atoms with E-state index in [-0.39, 0.29) is 18.5 Å². The van der Waals surface area contributed by atoms with Gasteiger partial charge in [0, 0.05) is 17.5 Å². The summed E-state index contributed by atoms with van der Waals surface area (Å²) in [6, 6.07) is 1.16. The predicted octanol–water partition coefficient (Wildman–Crippen LogP) is 2.24. The summed E-state index contributed by atoms with van der Waals surface area (Å²) in [5.41, 5.74) is 1.01. The molecule has 4 amide bonds. The molecular formula is C17H20N4O3S2. The lowest BCUT2D eigenvalue weighted by Crippen LogP contribution is -2.44. The van der Waals surface area contributed by atoms with E-state index < -0.39 is 17.5 Å². The molecule has 3 rings (SSSR count). The van der Waals surface area contributed by atoms with Gasteiger partial charge in [0.2, 0.25) is 5.91 Å². The van der Waals surface area contributed by atoms with Crippen molar-refractivity contribution in [2.45, 2.75) is 38.8 Å². The van der Waals surface area contributed by atoms with Gasteiger partial charge < -0.3 is 10.6 Å². The number of aryl methyl sites for hydroxylation is 1. The minimum absolute atomic E-state index is 0.301. The Morgan fingerprint density at radius 1 is 1.38 bits per heavy atom. The number of hydrogen-bond donors (Lipinski definition) is 2.